The maximum Gasteiger partial charge on any atom is 0.322 e. The Morgan fingerprint density at radius 3 is 2.60 bits per heavy atom. The molecule has 3 nitrogen and oxygen atoms in total. The molecule has 1 rings (SSSR count). The Balaban J connectivity index is 0.00000196. The van der Waals surface area contributed by atoms with Gasteiger partial charge in [0, 0.05) is 0 Å². The second-order valence-electron chi connectivity index (χ2n) is 3.26. The lowest BCUT2D eigenvalue weighted by Gasteiger charge is -2.10. The van der Waals surface area contributed by atoms with Crippen molar-refractivity contribution in [2.75, 3.05) is 7.11 Å². The van der Waals surface area contributed by atoms with Crippen LogP contribution in [0.2, 0.25) is 0 Å². The van der Waals surface area contributed by atoms with Crippen LogP contribution in [-0.2, 0) is 16.0 Å². The van der Waals surface area contributed by atoms with Crippen LogP contribution in [0.5, 0.6) is 0 Å². The first kappa shape index (κ1) is 13.9. The molecule has 4 heteroatoms. The molecule has 84 valence electrons. The molecular weight excluding hydrogens is 214 g/mol. The van der Waals surface area contributed by atoms with E-state index in [2.05, 4.69) is 4.74 Å². The molecule has 0 saturated carbocycles. The van der Waals surface area contributed by atoms with Crippen LogP contribution in [0.15, 0.2) is 24.3 Å². The highest BCUT2D eigenvalue weighted by Gasteiger charge is 2.14. The Hall–Kier alpha value is -1.06. The van der Waals surface area contributed by atoms with E-state index in [1.54, 1.807) is 0 Å². The van der Waals surface area contributed by atoms with Crippen LogP contribution in [0.25, 0.3) is 0 Å². The highest BCUT2D eigenvalue weighted by Crippen LogP contribution is 2.09. The Kier molecular flexibility index (Phi) is 5.97. The quantitative estimate of drug-likeness (QED) is 0.799. The second-order valence-corrected chi connectivity index (χ2v) is 3.26. The minimum absolute atomic E-state index is 0. The van der Waals surface area contributed by atoms with Crippen LogP contribution in [0.1, 0.15) is 11.1 Å². The number of benzene rings is 1. The fourth-order valence-corrected chi connectivity index (χ4v) is 1.31. The van der Waals surface area contributed by atoms with E-state index in [1.807, 2.05) is 31.2 Å². The first-order valence-electron chi connectivity index (χ1n) is 4.53. The van der Waals surface area contributed by atoms with Crippen molar-refractivity contribution in [3.63, 3.8) is 0 Å². The van der Waals surface area contributed by atoms with Gasteiger partial charge in [0.2, 0.25) is 0 Å². The Labute approximate surface area is 96.0 Å². The molecule has 1 atom stereocenters. The van der Waals surface area contributed by atoms with Crippen LogP contribution < -0.4 is 5.73 Å². The average molecular weight is 230 g/mol. The number of carbonyl (C=O) groups excluding carboxylic acids is 1. The van der Waals surface area contributed by atoms with Gasteiger partial charge in [-0.3, -0.25) is 4.79 Å². The zero-order chi connectivity index (χ0) is 10.6. The average Bonchev–Trinajstić information content (AvgIpc) is 2.20. The van der Waals surface area contributed by atoms with Crippen molar-refractivity contribution in [1.82, 2.24) is 0 Å². The van der Waals surface area contributed by atoms with E-state index in [-0.39, 0.29) is 18.4 Å². The van der Waals surface area contributed by atoms with Gasteiger partial charge in [-0.15, -0.1) is 12.4 Å². The topological polar surface area (TPSA) is 52.3 Å². The molecule has 0 aliphatic carbocycles. The number of hydrogen-bond acceptors (Lipinski definition) is 3. The third kappa shape index (κ3) is 3.90. The zero-order valence-corrected chi connectivity index (χ0v) is 9.71. The molecule has 15 heavy (non-hydrogen) atoms. The summed E-state index contributed by atoms with van der Waals surface area (Å²) in [7, 11) is 1.35. The molecule has 0 bridgehead atoms. The lowest BCUT2D eigenvalue weighted by atomic mass is 10.0. The fraction of sp³-hybridized carbons (Fsp3) is 0.364. The van der Waals surface area contributed by atoms with E-state index in [0.29, 0.717) is 6.42 Å². The standard InChI is InChI=1S/C11H15NO2.ClH/c1-8-5-3-4-6-9(8)7-10(12)11(13)14-2;/h3-6,10H,7,12H2,1-2H3;1H/t10-;/m0./s1. The van der Waals surface area contributed by atoms with Gasteiger partial charge in [0.05, 0.1) is 7.11 Å². The van der Waals surface area contributed by atoms with Gasteiger partial charge in [0.1, 0.15) is 6.04 Å². The van der Waals surface area contributed by atoms with Gasteiger partial charge in [0.25, 0.3) is 0 Å². The SMILES string of the molecule is COC(=O)[C@@H](N)Cc1ccccc1C.Cl. The molecule has 0 radical (unpaired) electrons. The number of carbonyl (C=O) groups is 1. The maximum atomic E-state index is 11.1. The van der Waals surface area contributed by atoms with Crippen molar-refractivity contribution in [2.45, 2.75) is 19.4 Å². The summed E-state index contributed by atoms with van der Waals surface area (Å²) in [4.78, 5) is 11.1. The molecule has 0 unspecified atom stereocenters. The maximum absolute atomic E-state index is 11.1. The van der Waals surface area contributed by atoms with Crippen LogP contribution in [0.4, 0.5) is 0 Å². The van der Waals surface area contributed by atoms with Crippen molar-refractivity contribution in [3.05, 3.63) is 35.4 Å². The minimum atomic E-state index is -0.568. The fourth-order valence-electron chi connectivity index (χ4n) is 1.31. The van der Waals surface area contributed by atoms with Crippen LogP contribution in [0, 0.1) is 6.92 Å². The van der Waals surface area contributed by atoms with Crippen molar-refractivity contribution in [2.24, 2.45) is 5.73 Å². The van der Waals surface area contributed by atoms with E-state index in [9.17, 15) is 4.79 Å². The molecule has 0 aliphatic heterocycles. The number of halogens is 1. The van der Waals surface area contributed by atoms with Gasteiger partial charge >= 0.3 is 5.97 Å². The van der Waals surface area contributed by atoms with Gasteiger partial charge in [-0.1, -0.05) is 24.3 Å². The summed E-state index contributed by atoms with van der Waals surface area (Å²) in [6, 6.07) is 7.30. The third-order valence-electron chi connectivity index (χ3n) is 2.21. The van der Waals surface area contributed by atoms with Gasteiger partial charge in [-0.25, -0.2) is 0 Å². The first-order valence-corrected chi connectivity index (χ1v) is 4.53. The third-order valence-corrected chi connectivity index (χ3v) is 2.21. The molecule has 0 aliphatic rings. The van der Waals surface area contributed by atoms with Crippen molar-refractivity contribution < 1.29 is 9.53 Å². The van der Waals surface area contributed by atoms with Crippen LogP contribution in [-0.4, -0.2) is 19.1 Å². The highest BCUT2D eigenvalue weighted by molar-refractivity contribution is 5.85. The number of ether oxygens (including phenoxy) is 1. The van der Waals surface area contributed by atoms with Crippen LogP contribution >= 0.6 is 12.4 Å². The molecule has 0 spiro atoms. The molecule has 0 fully saturated rings. The van der Waals surface area contributed by atoms with E-state index >= 15 is 0 Å². The molecular formula is C11H16ClNO2. The number of aryl methyl sites for hydroxylation is 1. The summed E-state index contributed by atoms with van der Waals surface area (Å²) in [5.41, 5.74) is 7.89. The summed E-state index contributed by atoms with van der Waals surface area (Å²) in [6.45, 7) is 2.00. The largest absolute Gasteiger partial charge is 0.468 e. The van der Waals surface area contributed by atoms with E-state index in [0.717, 1.165) is 11.1 Å². The second kappa shape index (κ2) is 6.43. The van der Waals surface area contributed by atoms with Crippen molar-refractivity contribution in [1.29, 1.82) is 0 Å². The molecule has 0 saturated heterocycles. The number of rotatable bonds is 3. The summed E-state index contributed by atoms with van der Waals surface area (Å²) in [5, 5.41) is 0. The number of methoxy groups -OCH3 is 1. The monoisotopic (exact) mass is 229 g/mol. The molecule has 0 amide bonds. The Morgan fingerprint density at radius 2 is 2.07 bits per heavy atom. The smallest absolute Gasteiger partial charge is 0.322 e. The zero-order valence-electron chi connectivity index (χ0n) is 8.90. The van der Waals surface area contributed by atoms with Crippen molar-refractivity contribution >= 4 is 18.4 Å². The highest BCUT2D eigenvalue weighted by atomic mass is 35.5. The number of nitrogens with two attached hydrogens (primary N) is 1. The van der Waals surface area contributed by atoms with E-state index < -0.39 is 6.04 Å². The summed E-state index contributed by atoms with van der Waals surface area (Å²) < 4.78 is 4.56. The number of esters is 1. The molecule has 0 heterocycles. The van der Waals surface area contributed by atoms with Gasteiger partial charge < -0.3 is 10.5 Å². The Morgan fingerprint density at radius 1 is 1.47 bits per heavy atom. The lowest BCUT2D eigenvalue weighted by molar-refractivity contribution is -0.142. The first-order chi connectivity index (χ1) is 6.65. The lowest BCUT2D eigenvalue weighted by Crippen LogP contribution is -2.33. The molecule has 2 N–H and O–H groups in total. The van der Waals surface area contributed by atoms with E-state index in [1.165, 1.54) is 7.11 Å². The molecule has 1 aromatic rings. The van der Waals surface area contributed by atoms with E-state index in [4.69, 9.17) is 5.73 Å². The minimum Gasteiger partial charge on any atom is -0.468 e. The van der Waals surface area contributed by atoms with Gasteiger partial charge in [0.15, 0.2) is 0 Å². The summed E-state index contributed by atoms with van der Waals surface area (Å²) >= 11 is 0. The Bertz CT molecular complexity index is 328. The summed E-state index contributed by atoms with van der Waals surface area (Å²) in [5.74, 6) is -0.367. The van der Waals surface area contributed by atoms with Crippen molar-refractivity contribution in [3.8, 4) is 0 Å². The summed E-state index contributed by atoms with van der Waals surface area (Å²) in [6.07, 6.45) is 0.527. The number of hydrogen-bond donors (Lipinski definition) is 1. The normalized spacial score (nSPS) is 11.4. The van der Waals surface area contributed by atoms with Crippen LogP contribution in [0.3, 0.4) is 0 Å². The van der Waals surface area contributed by atoms with Gasteiger partial charge in [-0.2, -0.15) is 0 Å². The van der Waals surface area contributed by atoms with Gasteiger partial charge in [-0.05, 0) is 24.5 Å². The predicted molar refractivity (Wildman–Crippen MR) is 62.1 cm³/mol. The molecule has 1 aromatic carbocycles. The molecule has 0 aromatic heterocycles. The predicted octanol–water partition coefficient (Wildman–Crippen LogP) is 1.46.